The van der Waals surface area contributed by atoms with Gasteiger partial charge in [-0.15, -0.1) is 0 Å². The maximum Gasteiger partial charge on any atom is 0.261 e. The largest absolute Gasteiger partial charge is 0.352 e. The lowest BCUT2D eigenvalue weighted by molar-refractivity contribution is -0.121. The molecule has 0 bridgehead atoms. The number of hydrogen-bond acceptors (Lipinski definition) is 4. The molecule has 0 fully saturated rings. The minimum absolute atomic E-state index is 0.104. The van der Waals surface area contributed by atoms with E-state index < -0.39 is 0 Å². The summed E-state index contributed by atoms with van der Waals surface area (Å²) in [5, 5.41) is 2.98. The van der Waals surface area contributed by atoms with Gasteiger partial charge in [0.05, 0.1) is 11.1 Å². The standard InChI is InChI=1S/C28H29N3O3/c1-30(2)19-20-13-15-21(16-14-20)23-9-4-3-8-22(23)18-29-26(32)12-7-17-31-27(33)24-10-5-6-11-25(24)28(31)34/h3-6,8-11,13-16H,7,12,17-19H2,1-2H3,(H,29,32). The zero-order valence-corrected chi connectivity index (χ0v) is 19.6. The van der Waals surface area contributed by atoms with Crippen molar-refractivity contribution >= 4 is 17.7 Å². The molecule has 0 spiro atoms. The maximum atomic E-state index is 12.5. The third-order valence-corrected chi connectivity index (χ3v) is 5.92. The van der Waals surface area contributed by atoms with Crippen LogP contribution in [-0.2, 0) is 17.9 Å². The first kappa shape index (κ1) is 23.4. The molecule has 34 heavy (non-hydrogen) atoms. The first-order chi connectivity index (χ1) is 16.4. The summed E-state index contributed by atoms with van der Waals surface area (Å²) in [5.41, 5.74) is 5.35. The van der Waals surface area contributed by atoms with Crippen LogP contribution in [0.1, 0.15) is 44.7 Å². The van der Waals surface area contributed by atoms with Crippen molar-refractivity contribution in [2.24, 2.45) is 0 Å². The Morgan fingerprint density at radius 2 is 1.41 bits per heavy atom. The molecule has 1 N–H and O–H groups in total. The number of fused-ring (bicyclic) bond motifs is 1. The Bertz CT molecular complexity index is 1170. The average Bonchev–Trinajstić information content (AvgIpc) is 3.08. The molecule has 0 atom stereocenters. The van der Waals surface area contributed by atoms with Gasteiger partial charge in [-0.3, -0.25) is 19.3 Å². The Labute approximate surface area is 200 Å². The Morgan fingerprint density at radius 3 is 2.03 bits per heavy atom. The Morgan fingerprint density at radius 1 is 0.824 bits per heavy atom. The third kappa shape index (κ3) is 5.24. The zero-order chi connectivity index (χ0) is 24.1. The van der Waals surface area contributed by atoms with Crippen LogP contribution in [0.2, 0.25) is 0 Å². The van der Waals surface area contributed by atoms with Crippen molar-refractivity contribution in [3.05, 3.63) is 95.1 Å². The summed E-state index contributed by atoms with van der Waals surface area (Å²) in [4.78, 5) is 40.7. The molecule has 3 aromatic carbocycles. The van der Waals surface area contributed by atoms with Gasteiger partial charge in [-0.25, -0.2) is 0 Å². The zero-order valence-electron chi connectivity index (χ0n) is 19.6. The minimum atomic E-state index is -0.286. The van der Waals surface area contributed by atoms with Gasteiger partial charge in [0.25, 0.3) is 11.8 Å². The summed E-state index contributed by atoms with van der Waals surface area (Å²) < 4.78 is 0. The second-order valence-electron chi connectivity index (χ2n) is 8.78. The molecule has 0 aromatic heterocycles. The number of amides is 3. The molecule has 6 heteroatoms. The van der Waals surface area contributed by atoms with E-state index in [0.717, 1.165) is 23.2 Å². The molecule has 0 saturated heterocycles. The number of imide groups is 1. The summed E-state index contributed by atoms with van der Waals surface area (Å²) in [6.45, 7) is 1.54. The van der Waals surface area contributed by atoms with Crippen LogP contribution in [0.5, 0.6) is 0 Å². The fraction of sp³-hybridized carbons (Fsp3) is 0.250. The molecular formula is C28H29N3O3. The van der Waals surface area contributed by atoms with Crippen LogP contribution in [0.3, 0.4) is 0 Å². The van der Waals surface area contributed by atoms with Crippen molar-refractivity contribution in [2.45, 2.75) is 25.9 Å². The van der Waals surface area contributed by atoms with Crippen LogP contribution < -0.4 is 5.32 Å². The van der Waals surface area contributed by atoms with Crippen LogP contribution in [0.25, 0.3) is 11.1 Å². The fourth-order valence-corrected chi connectivity index (χ4v) is 4.23. The number of nitrogens with zero attached hydrogens (tertiary/aromatic N) is 2. The average molecular weight is 456 g/mol. The van der Waals surface area contributed by atoms with Gasteiger partial charge in [0, 0.05) is 26.1 Å². The van der Waals surface area contributed by atoms with Gasteiger partial charge in [-0.2, -0.15) is 0 Å². The topological polar surface area (TPSA) is 69.7 Å². The van der Waals surface area contributed by atoms with E-state index in [0.29, 0.717) is 24.1 Å². The molecule has 0 aliphatic carbocycles. The Hall–Kier alpha value is -3.77. The van der Waals surface area contributed by atoms with Crippen LogP contribution in [0.4, 0.5) is 0 Å². The highest BCUT2D eigenvalue weighted by molar-refractivity contribution is 6.21. The second kappa shape index (κ2) is 10.4. The minimum Gasteiger partial charge on any atom is -0.352 e. The highest BCUT2D eigenvalue weighted by Crippen LogP contribution is 2.25. The maximum absolute atomic E-state index is 12.5. The molecule has 6 nitrogen and oxygen atoms in total. The van der Waals surface area contributed by atoms with Gasteiger partial charge in [0.2, 0.25) is 5.91 Å². The molecule has 4 rings (SSSR count). The molecule has 1 aliphatic rings. The molecule has 1 aliphatic heterocycles. The quantitative estimate of drug-likeness (QED) is 0.493. The van der Waals surface area contributed by atoms with Crippen LogP contribution in [0, 0.1) is 0 Å². The van der Waals surface area contributed by atoms with Gasteiger partial charge in [0.1, 0.15) is 0 Å². The van der Waals surface area contributed by atoms with Crippen LogP contribution >= 0.6 is 0 Å². The summed E-state index contributed by atoms with van der Waals surface area (Å²) >= 11 is 0. The van der Waals surface area contributed by atoms with E-state index in [2.05, 4.69) is 40.5 Å². The number of rotatable bonds is 9. The van der Waals surface area contributed by atoms with E-state index in [1.165, 1.54) is 10.5 Å². The van der Waals surface area contributed by atoms with Crippen molar-refractivity contribution < 1.29 is 14.4 Å². The highest BCUT2D eigenvalue weighted by Gasteiger charge is 2.34. The van der Waals surface area contributed by atoms with Crippen LogP contribution in [-0.4, -0.2) is 48.2 Å². The SMILES string of the molecule is CN(C)Cc1ccc(-c2ccccc2CNC(=O)CCCN2C(=O)c3ccccc3C2=O)cc1. The summed E-state index contributed by atoms with van der Waals surface area (Å²) in [7, 11) is 4.09. The smallest absolute Gasteiger partial charge is 0.261 e. The number of nitrogens with one attached hydrogen (secondary N) is 1. The molecule has 0 saturated carbocycles. The van der Waals surface area contributed by atoms with Crippen molar-refractivity contribution in [1.29, 1.82) is 0 Å². The lowest BCUT2D eigenvalue weighted by Crippen LogP contribution is -2.32. The number of carbonyl (C=O) groups is 3. The van der Waals surface area contributed by atoms with Gasteiger partial charge in [-0.1, -0.05) is 60.7 Å². The van der Waals surface area contributed by atoms with Crippen molar-refractivity contribution in [1.82, 2.24) is 15.1 Å². The lowest BCUT2D eigenvalue weighted by Gasteiger charge is -2.14. The van der Waals surface area contributed by atoms with E-state index >= 15 is 0 Å². The van der Waals surface area contributed by atoms with Crippen molar-refractivity contribution in [3.63, 3.8) is 0 Å². The normalized spacial score (nSPS) is 12.9. The van der Waals surface area contributed by atoms with E-state index in [-0.39, 0.29) is 30.7 Å². The van der Waals surface area contributed by atoms with E-state index in [1.807, 2.05) is 32.3 Å². The predicted molar refractivity (Wildman–Crippen MR) is 132 cm³/mol. The summed E-state index contributed by atoms with van der Waals surface area (Å²) in [6.07, 6.45) is 0.668. The lowest BCUT2D eigenvalue weighted by atomic mass is 9.98. The van der Waals surface area contributed by atoms with Crippen molar-refractivity contribution in [2.75, 3.05) is 20.6 Å². The van der Waals surface area contributed by atoms with Gasteiger partial charge in [-0.05, 0) is 54.9 Å². The van der Waals surface area contributed by atoms with Gasteiger partial charge >= 0.3 is 0 Å². The summed E-state index contributed by atoms with van der Waals surface area (Å²) in [6, 6.07) is 23.3. The van der Waals surface area contributed by atoms with Gasteiger partial charge < -0.3 is 10.2 Å². The molecule has 0 radical (unpaired) electrons. The van der Waals surface area contributed by atoms with Crippen LogP contribution in [0.15, 0.2) is 72.8 Å². The van der Waals surface area contributed by atoms with E-state index in [4.69, 9.17) is 0 Å². The molecule has 0 unspecified atom stereocenters. The number of carbonyl (C=O) groups excluding carboxylic acids is 3. The molecule has 3 aromatic rings. The first-order valence-electron chi connectivity index (χ1n) is 11.5. The second-order valence-corrected chi connectivity index (χ2v) is 8.78. The Kier molecular flexibility index (Phi) is 7.18. The van der Waals surface area contributed by atoms with E-state index in [9.17, 15) is 14.4 Å². The molecule has 1 heterocycles. The number of benzene rings is 3. The molecular weight excluding hydrogens is 426 g/mol. The summed E-state index contributed by atoms with van der Waals surface area (Å²) in [5.74, 6) is -0.675. The molecule has 174 valence electrons. The number of hydrogen-bond donors (Lipinski definition) is 1. The van der Waals surface area contributed by atoms with Crippen molar-refractivity contribution in [3.8, 4) is 11.1 Å². The molecule has 3 amide bonds. The predicted octanol–water partition coefficient (Wildman–Crippen LogP) is 4.11. The monoisotopic (exact) mass is 455 g/mol. The Balaban J connectivity index is 1.30. The first-order valence-corrected chi connectivity index (χ1v) is 11.5. The van der Waals surface area contributed by atoms with Gasteiger partial charge in [0.15, 0.2) is 0 Å². The van der Waals surface area contributed by atoms with E-state index in [1.54, 1.807) is 24.3 Å². The third-order valence-electron chi connectivity index (χ3n) is 5.92. The fourth-order valence-electron chi connectivity index (χ4n) is 4.23. The highest BCUT2D eigenvalue weighted by atomic mass is 16.2.